The van der Waals surface area contributed by atoms with E-state index >= 15 is 0 Å². The molecular formula is C16H17N3O3. The number of carbonyl (C=O) groups excluding carboxylic acids is 3. The number of amides is 3. The van der Waals surface area contributed by atoms with E-state index in [2.05, 4.69) is 16.7 Å². The van der Waals surface area contributed by atoms with Crippen LogP contribution in [0.25, 0.3) is 0 Å². The van der Waals surface area contributed by atoms with Crippen molar-refractivity contribution in [2.75, 3.05) is 6.54 Å². The van der Waals surface area contributed by atoms with Crippen LogP contribution in [0.3, 0.4) is 0 Å². The number of rotatable bonds is 1. The van der Waals surface area contributed by atoms with Crippen LogP contribution in [0.2, 0.25) is 0 Å². The summed E-state index contributed by atoms with van der Waals surface area (Å²) in [7, 11) is 0. The molecule has 6 nitrogen and oxygen atoms in total. The highest BCUT2D eigenvalue weighted by atomic mass is 16.2. The Bertz CT molecular complexity index is 698. The summed E-state index contributed by atoms with van der Waals surface area (Å²) in [5, 5.41) is 5.66. The number of fused-ring (bicyclic) bond motifs is 2. The number of hydrogen-bond donors (Lipinski definition) is 2. The summed E-state index contributed by atoms with van der Waals surface area (Å²) in [6, 6.07) is 3.54. The first-order valence-corrected chi connectivity index (χ1v) is 7.63. The van der Waals surface area contributed by atoms with Crippen molar-refractivity contribution in [1.29, 1.82) is 0 Å². The van der Waals surface area contributed by atoms with Gasteiger partial charge < -0.3 is 10.2 Å². The molecular weight excluding hydrogens is 282 g/mol. The fourth-order valence-electron chi connectivity index (χ4n) is 3.55. The van der Waals surface area contributed by atoms with Crippen LogP contribution in [0.4, 0.5) is 0 Å². The monoisotopic (exact) mass is 299 g/mol. The summed E-state index contributed by atoms with van der Waals surface area (Å²) in [6.45, 7) is 2.21. The minimum Gasteiger partial charge on any atom is -0.322 e. The van der Waals surface area contributed by atoms with E-state index in [-0.39, 0.29) is 24.1 Å². The number of hydrogen-bond acceptors (Lipinski definition) is 4. The first-order chi connectivity index (χ1) is 10.6. The number of piperidine rings is 1. The second kappa shape index (κ2) is 4.91. The summed E-state index contributed by atoms with van der Waals surface area (Å²) >= 11 is 0. The van der Waals surface area contributed by atoms with E-state index in [9.17, 15) is 14.4 Å². The number of nitrogens with zero attached hydrogens (tertiary/aromatic N) is 1. The van der Waals surface area contributed by atoms with Crippen LogP contribution < -0.4 is 10.6 Å². The van der Waals surface area contributed by atoms with Gasteiger partial charge in [-0.1, -0.05) is 6.07 Å². The molecule has 1 saturated heterocycles. The highest BCUT2D eigenvalue weighted by Crippen LogP contribution is 2.30. The summed E-state index contributed by atoms with van der Waals surface area (Å²) in [5.74, 6) is -0.707. The zero-order valence-electron chi connectivity index (χ0n) is 12.1. The fourth-order valence-corrected chi connectivity index (χ4v) is 3.55. The van der Waals surface area contributed by atoms with Crippen molar-refractivity contribution in [3.8, 4) is 0 Å². The number of benzene rings is 1. The van der Waals surface area contributed by atoms with Gasteiger partial charge in [-0.05, 0) is 42.1 Å². The van der Waals surface area contributed by atoms with E-state index < -0.39 is 6.04 Å². The SMILES string of the molecule is O=C1CCC(N2Cc3cc4c(cc3C2=O)CCNC4)C(=O)N1. The van der Waals surface area contributed by atoms with E-state index in [1.165, 1.54) is 11.1 Å². The van der Waals surface area contributed by atoms with Gasteiger partial charge in [0.15, 0.2) is 0 Å². The van der Waals surface area contributed by atoms with Gasteiger partial charge >= 0.3 is 0 Å². The Hall–Kier alpha value is -2.21. The molecule has 114 valence electrons. The molecule has 0 aliphatic carbocycles. The smallest absolute Gasteiger partial charge is 0.255 e. The Morgan fingerprint density at radius 1 is 1.05 bits per heavy atom. The van der Waals surface area contributed by atoms with Crippen molar-refractivity contribution in [3.05, 3.63) is 34.4 Å². The highest BCUT2D eigenvalue weighted by molar-refractivity contribution is 6.05. The van der Waals surface area contributed by atoms with E-state index in [4.69, 9.17) is 0 Å². The van der Waals surface area contributed by atoms with Gasteiger partial charge in [-0.25, -0.2) is 0 Å². The minimum atomic E-state index is -0.534. The van der Waals surface area contributed by atoms with Gasteiger partial charge in [0.1, 0.15) is 6.04 Å². The third kappa shape index (κ3) is 2.02. The highest BCUT2D eigenvalue weighted by Gasteiger charge is 2.39. The Balaban J connectivity index is 1.64. The lowest BCUT2D eigenvalue weighted by Gasteiger charge is -2.29. The summed E-state index contributed by atoms with van der Waals surface area (Å²) in [4.78, 5) is 37.5. The van der Waals surface area contributed by atoms with Crippen molar-refractivity contribution < 1.29 is 14.4 Å². The predicted octanol–water partition coefficient (Wildman–Crippen LogP) is 0.0933. The third-order valence-electron chi connectivity index (χ3n) is 4.73. The average molecular weight is 299 g/mol. The van der Waals surface area contributed by atoms with Crippen LogP contribution in [-0.2, 0) is 29.1 Å². The second-order valence-corrected chi connectivity index (χ2v) is 6.10. The average Bonchev–Trinajstić information content (AvgIpc) is 2.82. The molecule has 2 N–H and O–H groups in total. The normalized spacial score (nSPS) is 24.1. The topological polar surface area (TPSA) is 78.5 Å². The molecule has 0 bridgehead atoms. The molecule has 1 aromatic carbocycles. The van der Waals surface area contributed by atoms with Gasteiger partial charge in [-0.3, -0.25) is 19.7 Å². The van der Waals surface area contributed by atoms with Gasteiger partial charge in [0.25, 0.3) is 5.91 Å². The van der Waals surface area contributed by atoms with Gasteiger partial charge in [0.2, 0.25) is 11.8 Å². The van der Waals surface area contributed by atoms with E-state index in [1.54, 1.807) is 4.90 Å². The van der Waals surface area contributed by atoms with E-state index in [0.717, 1.165) is 25.1 Å². The van der Waals surface area contributed by atoms with E-state index in [1.807, 2.05) is 6.07 Å². The first kappa shape index (κ1) is 13.5. The molecule has 3 heterocycles. The van der Waals surface area contributed by atoms with Crippen LogP contribution in [0, 0.1) is 0 Å². The Morgan fingerprint density at radius 3 is 2.73 bits per heavy atom. The molecule has 1 unspecified atom stereocenters. The summed E-state index contributed by atoms with van der Waals surface area (Å²) in [6.07, 6.45) is 1.62. The molecule has 1 atom stereocenters. The Labute approximate surface area is 127 Å². The van der Waals surface area contributed by atoms with Crippen LogP contribution >= 0.6 is 0 Å². The van der Waals surface area contributed by atoms with Gasteiger partial charge in [0.05, 0.1) is 0 Å². The Morgan fingerprint density at radius 2 is 1.91 bits per heavy atom. The van der Waals surface area contributed by atoms with Crippen molar-refractivity contribution in [2.45, 2.75) is 38.4 Å². The van der Waals surface area contributed by atoms with Crippen molar-refractivity contribution in [3.63, 3.8) is 0 Å². The third-order valence-corrected chi connectivity index (χ3v) is 4.73. The number of carbonyl (C=O) groups is 3. The molecule has 3 aliphatic heterocycles. The van der Waals surface area contributed by atoms with Crippen molar-refractivity contribution >= 4 is 17.7 Å². The lowest BCUT2D eigenvalue weighted by molar-refractivity contribution is -0.136. The maximum Gasteiger partial charge on any atom is 0.255 e. The lowest BCUT2D eigenvalue weighted by Crippen LogP contribution is -2.52. The standard InChI is InChI=1S/C16H17N3O3/c20-14-2-1-13(15(21)18-14)19-8-11-5-10-7-17-4-3-9(10)6-12(11)16(19)22/h5-6,13,17H,1-4,7-8H2,(H,18,20,21). The van der Waals surface area contributed by atoms with Crippen molar-refractivity contribution in [1.82, 2.24) is 15.5 Å². The quantitative estimate of drug-likeness (QED) is 0.721. The Kier molecular flexibility index (Phi) is 3.00. The predicted molar refractivity (Wildman–Crippen MR) is 77.9 cm³/mol. The van der Waals surface area contributed by atoms with Gasteiger partial charge in [0, 0.05) is 25.1 Å². The summed E-state index contributed by atoms with van der Waals surface area (Å²) in [5.41, 5.74) is 4.15. The van der Waals surface area contributed by atoms with E-state index in [0.29, 0.717) is 18.5 Å². The van der Waals surface area contributed by atoms with Crippen LogP contribution in [0.1, 0.15) is 39.9 Å². The lowest BCUT2D eigenvalue weighted by atomic mass is 9.95. The number of nitrogens with one attached hydrogen (secondary N) is 2. The molecule has 3 amide bonds. The molecule has 0 saturated carbocycles. The van der Waals surface area contributed by atoms with Crippen LogP contribution in [-0.4, -0.2) is 35.2 Å². The molecule has 1 aromatic rings. The van der Waals surface area contributed by atoms with Crippen LogP contribution in [0.15, 0.2) is 12.1 Å². The molecule has 0 aromatic heterocycles. The minimum absolute atomic E-state index is 0.0918. The molecule has 0 radical (unpaired) electrons. The fraction of sp³-hybridized carbons (Fsp3) is 0.438. The maximum absolute atomic E-state index is 12.7. The zero-order valence-corrected chi connectivity index (χ0v) is 12.1. The zero-order chi connectivity index (χ0) is 15.3. The second-order valence-electron chi connectivity index (χ2n) is 6.10. The number of imide groups is 1. The molecule has 0 spiro atoms. The molecule has 1 fully saturated rings. The van der Waals surface area contributed by atoms with Crippen LogP contribution in [0.5, 0.6) is 0 Å². The molecule has 3 aliphatic rings. The van der Waals surface area contributed by atoms with Crippen molar-refractivity contribution in [2.24, 2.45) is 0 Å². The van der Waals surface area contributed by atoms with Gasteiger partial charge in [-0.15, -0.1) is 0 Å². The summed E-state index contributed by atoms with van der Waals surface area (Å²) < 4.78 is 0. The largest absolute Gasteiger partial charge is 0.322 e. The van der Waals surface area contributed by atoms with Gasteiger partial charge in [-0.2, -0.15) is 0 Å². The molecule has 22 heavy (non-hydrogen) atoms. The molecule has 6 heteroatoms. The molecule has 4 rings (SSSR count). The maximum atomic E-state index is 12.7. The first-order valence-electron chi connectivity index (χ1n) is 7.63.